The van der Waals surface area contributed by atoms with E-state index in [0.717, 1.165) is 0 Å². The van der Waals surface area contributed by atoms with Gasteiger partial charge in [0.25, 0.3) is 8.53 Å². The van der Waals surface area contributed by atoms with E-state index in [9.17, 15) is 4.79 Å². The molecule has 2 rings (SSSR count). The number of hydrogen-bond donors (Lipinski definition) is 1. The first kappa shape index (κ1) is 28.1. The molecule has 0 aliphatic carbocycles. The molecule has 10 nitrogen and oxygen atoms in total. The van der Waals surface area contributed by atoms with Crippen molar-refractivity contribution < 1.29 is 20.3 Å². The van der Waals surface area contributed by atoms with Gasteiger partial charge in [-0.05, 0) is 61.4 Å². The molecule has 200 valence electrons. The normalized spacial score (nSPS) is 22.5. The van der Waals surface area contributed by atoms with Crippen LogP contribution in [0.4, 0.5) is 0 Å². The van der Waals surface area contributed by atoms with Crippen LogP contribution in [0, 0.1) is 13.5 Å². The quantitative estimate of drug-likeness (QED) is 0.272. The van der Waals surface area contributed by atoms with Crippen LogP contribution in [-0.4, -0.2) is 89.3 Å². The highest BCUT2D eigenvalue weighted by atomic mass is 31.2. The molecule has 11 heteroatoms. The Morgan fingerprint density at radius 2 is 2.09 bits per heavy atom. The third-order valence-electron chi connectivity index (χ3n) is 5.37. The van der Waals surface area contributed by atoms with Crippen molar-refractivity contribution in [2.75, 3.05) is 40.0 Å². The molecule has 1 aromatic heterocycles. The fourth-order valence-corrected chi connectivity index (χ4v) is 5.49. The van der Waals surface area contributed by atoms with E-state index in [2.05, 4.69) is 66.1 Å². The van der Waals surface area contributed by atoms with Crippen molar-refractivity contribution in [1.82, 2.24) is 19.1 Å². The van der Waals surface area contributed by atoms with Crippen molar-refractivity contribution in [3.63, 3.8) is 0 Å². The number of rotatable bonds is 11. The molecule has 1 aliphatic rings. The molecule has 1 fully saturated rings. The Morgan fingerprint density at radius 1 is 1.43 bits per heavy atom. The van der Waals surface area contributed by atoms with Crippen molar-refractivity contribution in [2.45, 2.75) is 85.3 Å². The molecule has 1 aromatic rings. The average Bonchev–Trinajstić information content (AvgIpc) is 2.82. The molecule has 0 spiro atoms. The highest BCUT2D eigenvalue weighted by Gasteiger charge is 2.41. The third-order valence-corrected chi connectivity index (χ3v) is 7.42. The maximum absolute atomic E-state index is 12.6. The number of ether oxygens (including phenoxy) is 1. The minimum Gasteiger partial charge on any atom is -0.400 e. The second kappa shape index (κ2) is 15.0. The Balaban J connectivity index is 0.00000217. The first-order valence-corrected chi connectivity index (χ1v) is 13.0. The van der Waals surface area contributed by atoms with Gasteiger partial charge in [0.2, 0.25) is 7.98 Å². The maximum atomic E-state index is 12.6. The topological polar surface area (TPSA) is 93.7 Å². The summed E-state index contributed by atoms with van der Waals surface area (Å²) >= 11 is 0. The predicted octanol–water partition coefficient (Wildman–Crippen LogP) is 3.46. The molecule has 0 bridgehead atoms. The van der Waals surface area contributed by atoms with E-state index in [0.29, 0.717) is 18.8 Å². The van der Waals surface area contributed by atoms with Crippen molar-refractivity contribution in [1.29, 1.82) is 1.43 Å². The van der Waals surface area contributed by atoms with Crippen LogP contribution >= 0.6 is 8.53 Å². The molecule has 1 aliphatic heterocycles. The van der Waals surface area contributed by atoms with Gasteiger partial charge in [0, 0.05) is 51.6 Å². The molecule has 0 saturated carbocycles. The number of nitrogens with zero attached hydrogens (tertiary/aromatic N) is 5. The molecule has 2 heterocycles. The Morgan fingerprint density at radius 3 is 2.60 bits per heavy atom. The first-order chi connectivity index (χ1) is 17.4. The third kappa shape index (κ3) is 9.51. The summed E-state index contributed by atoms with van der Waals surface area (Å²) in [5.74, 6) is 0. The van der Waals surface area contributed by atoms with Crippen LogP contribution in [-0.2, 0) is 13.8 Å². The van der Waals surface area contributed by atoms with Gasteiger partial charge in [-0.3, -0.25) is 9.47 Å². The summed E-state index contributed by atoms with van der Waals surface area (Å²) in [5.41, 5.74) is -0.663. The van der Waals surface area contributed by atoms with Gasteiger partial charge in [-0.2, -0.15) is 4.98 Å². The lowest BCUT2D eigenvalue weighted by Gasteiger charge is -2.46. The number of morpholine rings is 1. The maximum Gasteiger partial charge on any atom is 0.349 e. The van der Waals surface area contributed by atoms with Crippen molar-refractivity contribution in [3.05, 3.63) is 39.9 Å². The largest absolute Gasteiger partial charge is 0.400 e. The number of aryl methyl sites for hydroxylation is 1. The summed E-state index contributed by atoms with van der Waals surface area (Å²) in [6.45, 7) is 23.0. The Hall–Kier alpha value is -1.44. The number of aliphatic hydroxyl groups is 1. The van der Waals surface area contributed by atoms with Crippen molar-refractivity contribution >= 4 is 8.53 Å². The van der Waals surface area contributed by atoms with Gasteiger partial charge in [0.15, 0.2) is 6.23 Å². The van der Waals surface area contributed by atoms with Gasteiger partial charge in [-0.1, -0.05) is 0 Å². The number of hydrogen-bond acceptors (Lipinski definition) is 8. The molecular formula is C24H44N5O5P. The first-order valence-electron chi connectivity index (χ1n) is 13.0. The highest BCUT2D eigenvalue weighted by Crippen LogP contribution is 2.47. The summed E-state index contributed by atoms with van der Waals surface area (Å²) in [6, 6.07) is 2.34. The zero-order valence-corrected chi connectivity index (χ0v) is 23.3. The van der Waals surface area contributed by atoms with E-state index >= 15 is 0 Å². The minimum absolute atomic E-state index is 0.0324. The van der Waals surface area contributed by atoms with Crippen molar-refractivity contribution in [2.24, 2.45) is 0 Å². The molecule has 1 saturated heterocycles. The lowest BCUT2D eigenvalue weighted by atomic mass is 10.0. The van der Waals surface area contributed by atoms with Crippen LogP contribution in [0.25, 0.3) is 4.85 Å². The molecule has 0 aromatic carbocycles. The second-order valence-corrected chi connectivity index (χ2v) is 10.8. The van der Waals surface area contributed by atoms with Gasteiger partial charge in [0.05, 0.1) is 6.61 Å². The predicted molar refractivity (Wildman–Crippen MR) is 139 cm³/mol. The van der Waals surface area contributed by atoms with Gasteiger partial charge >= 0.3 is 5.69 Å². The molecule has 0 amide bonds. The zero-order chi connectivity index (χ0) is 28.2. The molecule has 3 atom stereocenters. The van der Waals surface area contributed by atoms with Crippen molar-refractivity contribution in [3.8, 4) is 0 Å². The Kier molecular flexibility index (Phi) is 12.0. The van der Waals surface area contributed by atoms with Gasteiger partial charge in [-0.25, -0.2) is 16.0 Å². The molecular weight excluding hydrogens is 469 g/mol. The second-order valence-electron chi connectivity index (χ2n) is 9.33. The van der Waals surface area contributed by atoms with E-state index in [1.165, 1.54) is 11.7 Å². The fourth-order valence-electron chi connectivity index (χ4n) is 3.81. The molecule has 35 heavy (non-hydrogen) atoms. The smallest absolute Gasteiger partial charge is 0.349 e. The Labute approximate surface area is 214 Å². The van der Waals surface area contributed by atoms with E-state index in [1.807, 2.05) is 0 Å². The summed E-state index contributed by atoms with van der Waals surface area (Å²) in [6.07, 6.45) is 1.13. The van der Waals surface area contributed by atoms with E-state index in [-0.39, 0.29) is 50.5 Å². The van der Waals surface area contributed by atoms with Gasteiger partial charge in [-0.15, -0.1) is 0 Å². The van der Waals surface area contributed by atoms with E-state index in [4.69, 9.17) is 23.2 Å². The van der Waals surface area contributed by atoms with E-state index in [1.54, 1.807) is 19.2 Å². The lowest BCUT2D eigenvalue weighted by Crippen LogP contribution is -2.57. The highest BCUT2D eigenvalue weighted by molar-refractivity contribution is 7.44. The standard InChI is InChI=1S/C23H40N5O4P.CH4O/c1-17(2)26-14-21(27-12-10-20(7)25-22(27)29)32-23(8,15-26)16-31-33(30-13-11-24-9)28(18(3)4)19(5)6;1-2/h10,12,17-19,21H,11,13-16H2,1-8H3;2H,1H3/t21-,23+,33?;/m1./s1/i8D;2T. The van der Waals surface area contributed by atoms with E-state index < -0.39 is 20.4 Å². The number of aromatic nitrogens is 2. The van der Waals surface area contributed by atoms with Crippen LogP contribution in [0.1, 0.15) is 61.7 Å². The zero-order valence-electron chi connectivity index (χ0n) is 24.4. The summed E-state index contributed by atoms with van der Waals surface area (Å²) < 4.78 is 36.6. The Bertz CT molecular complexity index is 893. The van der Waals surface area contributed by atoms with Crippen LogP contribution < -0.4 is 5.69 Å². The van der Waals surface area contributed by atoms with Crippen LogP contribution in [0.3, 0.4) is 0 Å². The molecule has 1 unspecified atom stereocenters. The summed E-state index contributed by atoms with van der Waals surface area (Å²) in [5, 5.41) is 3.50. The van der Waals surface area contributed by atoms with Crippen LogP contribution in [0.15, 0.2) is 17.1 Å². The van der Waals surface area contributed by atoms with Gasteiger partial charge < -0.3 is 23.7 Å². The van der Waals surface area contributed by atoms with Crippen LogP contribution in [0.2, 0.25) is 0 Å². The SMILES string of the molecule is [2H]C[C@@]1(COP(OCC[N+]#[C-])N(C(C)C)C(C)C)CN(C(C)C)C[C@H](n2ccc(C)nc2=O)O1.[3H]OC. The molecule has 1 N–H and O–H groups in total. The monoisotopic (exact) mass is 516 g/mol. The minimum atomic E-state index is -1.46. The number of aliphatic hydroxyl groups excluding tert-OH is 1. The molecule has 0 radical (unpaired) electrons. The average molecular weight is 517 g/mol. The summed E-state index contributed by atoms with van der Waals surface area (Å²) in [7, 11) is -0.167. The fraction of sp³-hybridized carbons (Fsp3) is 0.792. The van der Waals surface area contributed by atoms with Crippen LogP contribution in [0.5, 0.6) is 0 Å². The lowest BCUT2D eigenvalue weighted by molar-refractivity contribution is -0.193. The van der Waals surface area contributed by atoms with Gasteiger partial charge in [0.1, 0.15) is 12.2 Å². The summed E-state index contributed by atoms with van der Waals surface area (Å²) in [4.78, 5) is 22.2.